The lowest BCUT2D eigenvalue weighted by atomic mass is 10.0. The first-order valence-electron chi connectivity index (χ1n) is 6.33. The number of primary amides is 1. The molecule has 5 N–H and O–H groups in total. The molecule has 1 heterocycles. The van der Waals surface area contributed by atoms with Crippen molar-refractivity contribution in [3.8, 4) is 0 Å². The molecule has 1 rings (SSSR count). The van der Waals surface area contributed by atoms with Gasteiger partial charge in [0, 0.05) is 12.1 Å². The van der Waals surface area contributed by atoms with Gasteiger partial charge in [-0.25, -0.2) is 4.79 Å². The highest BCUT2D eigenvalue weighted by atomic mass is 32.1. The zero-order chi connectivity index (χ0) is 16.4. The summed E-state index contributed by atoms with van der Waals surface area (Å²) in [6, 6.07) is 0. The van der Waals surface area contributed by atoms with Crippen molar-refractivity contribution in [3.63, 3.8) is 0 Å². The molecule has 0 radical (unpaired) electrons. The average molecular weight is 314 g/mol. The number of amides is 1. The fraction of sp³-hybridized carbons (Fsp3) is 0.538. The van der Waals surface area contributed by atoms with Gasteiger partial charge in [0.05, 0.1) is 12.8 Å². The second-order valence-corrected chi connectivity index (χ2v) is 6.49. The van der Waals surface area contributed by atoms with Crippen molar-refractivity contribution in [2.45, 2.75) is 19.4 Å². The summed E-state index contributed by atoms with van der Waals surface area (Å²) in [5.74, 6) is -1.26. The molecular weight excluding hydrogens is 292 g/mol. The minimum atomic E-state index is -0.664. The van der Waals surface area contributed by atoms with Crippen molar-refractivity contribution in [2.24, 2.45) is 5.73 Å². The third kappa shape index (κ3) is 3.64. The minimum Gasteiger partial charge on any atom is -0.465 e. The number of ether oxygens (including phenoxy) is 1. The summed E-state index contributed by atoms with van der Waals surface area (Å²) in [6.07, 6.45) is 0. The predicted octanol–water partition coefficient (Wildman–Crippen LogP) is 0.968. The number of nitrogens with two attached hydrogens (primary N) is 2. The average Bonchev–Trinajstić information content (AvgIpc) is 2.72. The Balaban J connectivity index is 3.14. The zero-order valence-corrected chi connectivity index (χ0v) is 13.8. The van der Waals surface area contributed by atoms with Gasteiger partial charge in [0.25, 0.3) is 5.91 Å². The molecule has 0 fully saturated rings. The van der Waals surface area contributed by atoms with E-state index in [1.165, 1.54) is 7.11 Å². The fourth-order valence-corrected chi connectivity index (χ4v) is 2.47. The van der Waals surface area contributed by atoms with E-state index in [1.807, 2.05) is 32.8 Å². The molecule has 21 heavy (non-hydrogen) atoms. The molecule has 1 aromatic heterocycles. The van der Waals surface area contributed by atoms with Gasteiger partial charge >= 0.3 is 5.97 Å². The highest BCUT2D eigenvalue weighted by Crippen LogP contribution is 2.36. The van der Waals surface area contributed by atoms with Crippen molar-refractivity contribution in [2.75, 3.05) is 38.8 Å². The summed E-state index contributed by atoms with van der Waals surface area (Å²) in [4.78, 5) is 25.4. The second-order valence-electron chi connectivity index (χ2n) is 5.47. The highest BCUT2D eigenvalue weighted by molar-refractivity contribution is 7.19. The van der Waals surface area contributed by atoms with Crippen LogP contribution in [-0.4, -0.2) is 50.1 Å². The molecule has 0 aromatic carbocycles. The number of methoxy groups -OCH3 is 1. The molecule has 0 spiro atoms. The first-order valence-corrected chi connectivity index (χ1v) is 7.15. The van der Waals surface area contributed by atoms with Crippen LogP contribution in [0.3, 0.4) is 0 Å². The molecule has 0 saturated heterocycles. The number of carbonyl (C=O) groups excluding carboxylic acids is 2. The van der Waals surface area contributed by atoms with Gasteiger partial charge < -0.3 is 26.4 Å². The Morgan fingerprint density at radius 3 is 2.38 bits per heavy atom. The van der Waals surface area contributed by atoms with Crippen molar-refractivity contribution >= 4 is 33.9 Å². The summed E-state index contributed by atoms with van der Waals surface area (Å²) >= 11 is 1.06. The number of carbonyl (C=O) groups is 2. The number of nitrogens with one attached hydrogen (secondary N) is 1. The molecule has 0 aliphatic carbocycles. The Hall–Kier alpha value is -1.80. The number of hydrogen-bond acceptors (Lipinski definition) is 7. The maximum absolute atomic E-state index is 11.9. The van der Waals surface area contributed by atoms with Crippen LogP contribution in [0.25, 0.3) is 0 Å². The van der Waals surface area contributed by atoms with Crippen LogP contribution < -0.4 is 16.8 Å². The molecule has 0 aliphatic heterocycles. The number of nitrogens with zero attached hydrogens (tertiary/aromatic N) is 1. The minimum absolute atomic E-state index is 0.0597. The van der Waals surface area contributed by atoms with Crippen LogP contribution >= 0.6 is 11.3 Å². The Morgan fingerprint density at radius 2 is 1.95 bits per heavy atom. The number of rotatable bonds is 6. The van der Waals surface area contributed by atoms with Crippen molar-refractivity contribution < 1.29 is 14.3 Å². The summed E-state index contributed by atoms with van der Waals surface area (Å²) in [5, 5.41) is 3.64. The van der Waals surface area contributed by atoms with Crippen LogP contribution in [0.5, 0.6) is 0 Å². The highest BCUT2D eigenvalue weighted by Gasteiger charge is 2.27. The van der Waals surface area contributed by atoms with E-state index in [0.717, 1.165) is 11.3 Å². The fourth-order valence-electron chi connectivity index (χ4n) is 1.51. The molecule has 0 bridgehead atoms. The van der Waals surface area contributed by atoms with E-state index in [9.17, 15) is 9.59 Å². The van der Waals surface area contributed by atoms with Crippen molar-refractivity contribution in [3.05, 3.63) is 10.4 Å². The van der Waals surface area contributed by atoms with Crippen molar-refractivity contribution in [1.29, 1.82) is 0 Å². The van der Waals surface area contributed by atoms with E-state index in [0.29, 0.717) is 11.5 Å². The SMILES string of the molecule is COC(=O)c1c(NCC(C)(C)N(C)C)sc(C(N)=O)c1N. The van der Waals surface area contributed by atoms with Gasteiger partial charge in [0.15, 0.2) is 0 Å². The third-order valence-electron chi connectivity index (χ3n) is 3.45. The Kier molecular flexibility index (Phi) is 5.19. The summed E-state index contributed by atoms with van der Waals surface area (Å²) in [6.45, 7) is 4.65. The first-order chi connectivity index (χ1) is 9.61. The summed E-state index contributed by atoms with van der Waals surface area (Å²) in [5.41, 5.74) is 11.2. The Labute approximate surface area is 128 Å². The van der Waals surface area contributed by atoms with Gasteiger partial charge in [-0.3, -0.25) is 4.79 Å². The molecule has 1 amide bonds. The van der Waals surface area contributed by atoms with Crippen LogP contribution in [0.2, 0.25) is 0 Å². The van der Waals surface area contributed by atoms with E-state index in [4.69, 9.17) is 16.2 Å². The molecular formula is C13H22N4O3S. The van der Waals surface area contributed by atoms with E-state index in [1.54, 1.807) is 0 Å². The zero-order valence-electron chi connectivity index (χ0n) is 12.9. The molecule has 0 aliphatic rings. The quantitative estimate of drug-likeness (QED) is 0.675. The van der Waals surface area contributed by atoms with Gasteiger partial charge in [0.2, 0.25) is 0 Å². The molecule has 7 nitrogen and oxygen atoms in total. The lowest BCUT2D eigenvalue weighted by molar-refractivity contribution is 0.0603. The number of anilines is 2. The monoisotopic (exact) mass is 314 g/mol. The third-order valence-corrected chi connectivity index (χ3v) is 4.63. The maximum atomic E-state index is 11.9. The van der Waals surface area contributed by atoms with Gasteiger partial charge in [-0.1, -0.05) is 0 Å². The number of hydrogen-bond donors (Lipinski definition) is 3. The van der Waals surface area contributed by atoms with E-state index >= 15 is 0 Å². The van der Waals surface area contributed by atoms with E-state index in [2.05, 4.69) is 5.32 Å². The first kappa shape index (κ1) is 17.3. The van der Waals surface area contributed by atoms with Crippen molar-refractivity contribution in [1.82, 2.24) is 4.90 Å². The van der Waals surface area contributed by atoms with Crippen LogP contribution in [-0.2, 0) is 4.74 Å². The number of thiophene rings is 1. The molecule has 8 heteroatoms. The van der Waals surface area contributed by atoms with E-state index in [-0.39, 0.29) is 21.7 Å². The van der Waals surface area contributed by atoms with Crippen LogP contribution in [0.15, 0.2) is 0 Å². The smallest absolute Gasteiger partial charge is 0.343 e. The molecule has 118 valence electrons. The largest absolute Gasteiger partial charge is 0.465 e. The van der Waals surface area contributed by atoms with Crippen LogP contribution in [0.1, 0.15) is 33.9 Å². The normalized spacial score (nSPS) is 11.5. The van der Waals surface area contributed by atoms with Gasteiger partial charge in [-0.2, -0.15) is 0 Å². The lowest BCUT2D eigenvalue weighted by Crippen LogP contribution is -2.44. The number of nitrogen functional groups attached to an aromatic ring is 1. The Bertz CT molecular complexity index is 552. The molecule has 0 saturated carbocycles. The van der Waals surface area contributed by atoms with Gasteiger partial charge in [-0.15, -0.1) is 11.3 Å². The Morgan fingerprint density at radius 1 is 1.38 bits per heavy atom. The van der Waals surface area contributed by atoms with Gasteiger partial charge in [0.1, 0.15) is 15.4 Å². The standard InChI is InChI=1S/C13H22N4O3S/c1-13(2,17(3)4)6-16-11-7(12(19)20-5)8(14)9(21-11)10(15)18/h16H,6,14H2,1-5H3,(H2,15,18). The predicted molar refractivity (Wildman–Crippen MR) is 84.8 cm³/mol. The second kappa shape index (κ2) is 6.31. The number of esters is 1. The summed E-state index contributed by atoms with van der Waals surface area (Å²) in [7, 11) is 5.18. The van der Waals surface area contributed by atoms with Crippen LogP contribution in [0, 0.1) is 0 Å². The summed E-state index contributed by atoms with van der Waals surface area (Å²) < 4.78 is 4.72. The van der Waals surface area contributed by atoms with Gasteiger partial charge in [-0.05, 0) is 27.9 Å². The molecule has 0 atom stereocenters. The maximum Gasteiger partial charge on any atom is 0.343 e. The van der Waals surface area contributed by atoms with Crippen LogP contribution in [0.4, 0.5) is 10.7 Å². The molecule has 1 aromatic rings. The lowest BCUT2D eigenvalue weighted by Gasteiger charge is -2.32. The number of likely N-dealkylation sites (N-methyl/N-ethyl adjacent to an activating group) is 1. The van der Waals surface area contributed by atoms with E-state index < -0.39 is 11.9 Å². The topological polar surface area (TPSA) is 111 Å². The molecule has 0 unspecified atom stereocenters.